The van der Waals surface area contributed by atoms with Gasteiger partial charge in [0, 0.05) is 57.4 Å². The van der Waals surface area contributed by atoms with Crippen LogP contribution in [0.3, 0.4) is 0 Å². The predicted octanol–water partition coefficient (Wildman–Crippen LogP) is 1.09. The van der Waals surface area contributed by atoms with Crippen molar-refractivity contribution in [1.29, 1.82) is 0 Å². The zero-order valence-corrected chi connectivity index (χ0v) is 14.0. The molecule has 1 amide bonds. The van der Waals surface area contributed by atoms with Gasteiger partial charge in [-0.15, -0.1) is 0 Å². The van der Waals surface area contributed by atoms with Gasteiger partial charge in [0.05, 0.1) is 0 Å². The van der Waals surface area contributed by atoms with E-state index >= 15 is 0 Å². The van der Waals surface area contributed by atoms with Crippen molar-refractivity contribution in [2.45, 2.75) is 44.1 Å². The van der Waals surface area contributed by atoms with Gasteiger partial charge in [0.1, 0.15) is 6.04 Å². The van der Waals surface area contributed by atoms with Crippen LogP contribution in [0.4, 0.5) is 5.82 Å². The molecule has 0 bridgehead atoms. The molecule has 4 rings (SSSR count). The molecule has 0 unspecified atom stereocenters. The molecule has 1 aromatic rings. The van der Waals surface area contributed by atoms with Crippen molar-refractivity contribution in [2.75, 3.05) is 37.6 Å². The van der Waals surface area contributed by atoms with Gasteiger partial charge in [0.15, 0.2) is 5.82 Å². The van der Waals surface area contributed by atoms with Crippen LogP contribution >= 0.6 is 0 Å². The molecule has 3 heterocycles. The van der Waals surface area contributed by atoms with Gasteiger partial charge >= 0.3 is 0 Å². The minimum atomic E-state index is -0.0161. The van der Waals surface area contributed by atoms with Crippen molar-refractivity contribution in [3.8, 4) is 0 Å². The van der Waals surface area contributed by atoms with Gasteiger partial charge in [0.25, 0.3) is 0 Å². The lowest BCUT2D eigenvalue weighted by molar-refractivity contribution is -0.126. The third-order valence-electron chi connectivity index (χ3n) is 5.72. The summed E-state index contributed by atoms with van der Waals surface area (Å²) >= 11 is 0. The lowest BCUT2D eigenvalue weighted by Gasteiger charge is -2.42. The molecule has 0 aromatic carbocycles. The van der Waals surface area contributed by atoms with Crippen LogP contribution in [0, 0.1) is 0 Å². The monoisotopic (exact) mass is 317 g/mol. The summed E-state index contributed by atoms with van der Waals surface area (Å²) < 4.78 is 2.00. The summed E-state index contributed by atoms with van der Waals surface area (Å²) in [4.78, 5) is 17.1. The largest absolute Gasteiger partial charge is 0.313 e. The van der Waals surface area contributed by atoms with Crippen molar-refractivity contribution >= 4 is 11.7 Å². The van der Waals surface area contributed by atoms with Crippen LogP contribution in [0.1, 0.15) is 43.7 Å². The molecule has 3 aliphatic rings. The van der Waals surface area contributed by atoms with Gasteiger partial charge in [0.2, 0.25) is 5.91 Å². The first-order valence-electron chi connectivity index (χ1n) is 9.04. The number of nitrogens with zero attached hydrogens (tertiary/aromatic N) is 4. The number of fused-ring (bicyclic) bond motifs is 1. The first-order chi connectivity index (χ1) is 11.2. The fourth-order valence-electron chi connectivity index (χ4n) is 4.38. The van der Waals surface area contributed by atoms with Crippen molar-refractivity contribution in [1.82, 2.24) is 20.0 Å². The Kier molecular flexibility index (Phi) is 4.11. The quantitative estimate of drug-likeness (QED) is 0.887. The van der Waals surface area contributed by atoms with Crippen LogP contribution in [0.15, 0.2) is 6.07 Å². The van der Waals surface area contributed by atoms with Crippen LogP contribution in [0.5, 0.6) is 0 Å². The minimum Gasteiger partial charge on any atom is -0.313 e. The summed E-state index contributed by atoms with van der Waals surface area (Å²) in [6.07, 6.45) is 6.50. The average Bonchev–Trinajstić information content (AvgIpc) is 2.98. The SMILES string of the molecule is Cn1nc(N2CCN3CCNC[C@@H]3C2=O)cc1C1CCCCC1. The first-order valence-corrected chi connectivity index (χ1v) is 9.04. The highest BCUT2D eigenvalue weighted by atomic mass is 16.2. The molecule has 6 heteroatoms. The molecular formula is C17H27N5O. The Bertz CT molecular complexity index is 578. The van der Waals surface area contributed by atoms with Crippen molar-refractivity contribution in [2.24, 2.45) is 7.05 Å². The Hall–Kier alpha value is -1.40. The second kappa shape index (κ2) is 6.24. The van der Waals surface area contributed by atoms with E-state index in [2.05, 4.69) is 21.4 Å². The lowest BCUT2D eigenvalue weighted by Crippen LogP contribution is -2.64. The van der Waals surface area contributed by atoms with E-state index in [0.29, 0.717) is 5.92 Å². The summed E-state index contributed by atoms with van der Waals surface area (Å²) in [5.74, 6) is 1.67. The Balaban J connectivity index is 1.54. The number of hydrogen-bond donors (Lipinski definition) is 1. The molecule has 1 atom stereocenters. The molecule has 6 nitrogen and oxygen atoms in total. The fourth-order valence-corrected chi connectivity index (χ4v) is 4.38. The number of nitrogens with one attached hydrogen (secondary N) is 1. The predicted molar refractivity (Wildman–Crippen MR) is 89.6 cm³/mol. The zero-order valence-electron chi connectivity index (χ0n) is 14.0. The molecule has 23 heavy (non-hydrogen) atoms. The third-order valence-corrected chi connectivity index (χ3v) is 5.72. The van der Waals surface area contributed by atoms with E-state index in [1.165, 1.54) is 37.8 Å². The van der Waals surface area contributed by atoms with Gasteiger partial charge in [-0.2, -0.15) is 5.10 Å². The molecule has 1 aromatic heterocycles. The smallest absolute Gasteiger partial charge is 0.246 e. The molecule has 1 saturated carbocycles. The van der Waals surface area contributed by atoms with Gasteiger partial charge in [-0.25, -0.2) is 0 Å². The van der Waals surface area contributed by atoms with E-state index in [1.807, 2.05) is 16.6 Å². The summed E-state index contributed by atoms with van der Waals surface area (Å²) in [7, 11) is 2.02. The number of carbonyl (C=O) groups excluding carboxylic acids is 1. The van der Waals surface area contributed by atoms with E-state index < -0.39 is 0 Å². The van der Waals surface area contributed by atoms with E-state index in [0.717, 1.165) is 38.5 Å². The second-order valence-corrected chi connectivity index (χ2v) is 7.13. The van der Waals surface area contributed by atoms with Gasteiger partial charge in [-0.05, 0) is 12.8 Å². The number of hydrogen-bond acceptors (Lipinski definition) is 4. The molecule has 3 fully saturated rings. The number of carbonyl (C=O) groups is 1. The maximum atomic E-state index is 12.9. The minimum absolute atomic E-state index is 0.0161. The van der Waals surface area contributed by atoms with Crippen LogP contribution < -0.4 is 10.2 Å². The molecular weight excluding hydrogens is 290 g/mol. The fraction of sp³-hybridized carbons (Fsp3) is 0.765. The molecule has 126 valence electrons. The third kappa shape index (κ3) is 2.78. The highest BCUT2D eigenvalue weighted by molar-refractivity contribution is 5.97. The van der Waals surface area contributed by atoms with Crippen LogP contribution in [-0.4, -0.2) is 59.4 Å². The van der Waals surface area contributed by atoms with E-state index in [-0.39, 0.29) is 11.9 Å². The maximum absolute atomic E-state index is 12.9. The molecule has 0 spiro atoms. The molecule has 1 aliphatic carbocycles. The van der Waals surface area contributed by atoms with Gasteiger partial charge < -0.3 is 5.32 Å². The highest BCUT2D eigenvalue weighted by Gasteiger charge is 2.37. The molecule has 2 aliphatic heterocycles. The van der Waals surface area contributed by atoms with Crippen LogP contribution in [0.2, 0.25) is 0 Å². The number of aryl methyl sites for hydroxylation is 1. The van der Waals surface area contributed by atoms with Crippen molar-refractivity contribution in [3.63, 3.8) is 0 Å². The average molecular weight is 317 g/mol. The summed E-state index contributed by atoms with van der Waals surface area (Å²) in [6, 6.07) is 2.15. The summed E-state index contributed by atoms with van der Waals surface area (Å²) in [5.41, 5.74) is 1.30. The number of rotatable bonds is 2. The lowest BCUT2D eigenvalue weighted by atomic mass is 9.87. The van der Waals surface area contributed by atoms with Crippen LogP contribution in [-0.2, 0) is 11.8 Å². The summed E-state index contributed by atoms with van der Waals surface area (Å²) in [5, 5.41) is 8.02. The van der Waals surface area contributed by atoms with E-state index in [1.54, 1.807) is 0 Å². The Morgan fingerprint density at radius 2 is 2.00 bits per heavy atom. The van der Waals surface area contributed by atoms with E-state index in [4.69, 9.17) is 0 Å². The summed E-state index contributed by atoms with van der Waals surface area (Å²) in [6.45, 7) is 4.43. The van der Waals surface area contributed by atoms with Gasteiger partial charge in [-0.3, -0.25) is 19.3 Å². The highest BCUT2D eigenvalue weighted by Crippen LogP contribution is 2.34. The number of piperazine rings is 2. The number of aromatic nitrogens is 2. The van der Waals surface area contributed by atoms with Crippen molar-refractivity contribution < 1.29 is 4.79 Å². The Morgan fingerprint density at radius 1 is 1.17 bits per heavy atom. The standard InChI is InChI=1S/C17H27N5O/c1-20-14(13-5-3-2-4-6-13)11-16(19-20)22-10-9-21-8-7-18-12-15(21)17(22)23/h11,13,15,18H,2-10,12H2,1H3/t15-/m1/s1. The maximum Gasteiger partial charge on any atom is 0.246 e. The second-order valence-electron chi connectivity index (χ2n) is 7.13. The Labute approximate surface area is 137 Å². The van der Waals surface area contributed by atoms with Gasteiger partial charge in [-0.1, -0.05) is 19.3 Å². The first kappa shape index (κ1) is 15.1. The molecule has 2 saturated heterocycles. The molecule has 1 N–H and O–H groups in total. The van der Waals surface area contributed by atoms with Crippen LogP contribution in [0.25, 0.3) is 0 Å². The molecule has 0 radical (unpaired) electrons. The van der Waals surface area contributed by atoms with Crippen molar-refractivity contribution in [3.05, 3.63) is 11.8 Å². The normalized spacial score (nSPS) is 27.3. The zero-order chi connectivity index (χ0) is 15.8. The topological polar surface area (TPSA) is 53.4 Å². The number of amides is 1. The number of anilines is 1. The Morgan fingerprint density at radius 3 is 2.83 bits per heavy atom. The van der Waals surface area contributed by atoms with E-state index in [9.17, 15) is 4.79 Å².